The normalized spacial score (nSPS) is 11.8. The molecule has 1 aromatic carbocycles. The SMILES string of the molecule is CC(C)C(=O)Nc1ccc(C(=O)C(C)OC(=O)c2cccs2)cc1. The van der Waals surface area contributed by atoms with Crippen molar-refractivity contribution in [1.82, 2.24) is 0 Å². The average Bonchev–Trinajstić information content (AvgIpc) is 3.09. The third kappa shape index (κ3) is 4.52. The van der Waals surface area contributed by atoms with Crippen molar-refractivity contribution >= 4 is 34.7 Å². The second kappa shape index (κ2) is 7.88. The summed E-state index contributed by atoms with van der Waals surface area (Å²) in [6.07, 6.45) is -0.879. The minimum absolute atomic E-state index is 0.0904. The van der Waals surface area contributed by atoms with Gasteiger partial charge in [-0.15, -0.1) is 11.3 Å². The van der Waals surface area contributed by atoms with Gasteiger partial charge in [0, 0.05) is 17.2 Å². The first-order valence-electron chi connectivity index (χ1n) is 7.58. The zero-order chi connectivity index (χ0) is 17.7. The second-order valence-corrected chi connectivity index (χ2v) is 6.56. The molecule has 0 bridgehead atoms. The third-order valence-electron chi connectivity index (χ3n) is 3.34. The Labute approximate surface area is 144 Å². The van der Waals surface area contributed by atoms with Crippen molar-refractivity contribution < 1.29 is 19.1 Å². The smallest absolute Gasteiger partial charge is 0.349 e. The number of Topliss-reactive ketones (excluding diaryl/α,β-unsaturated/α-hetero) is 1. The molecular weight excluding hydrogens is 326 g/mol. The number of thiophene rings is 1. The van der Waals surface area contributed by atoms with Gasteiger partial charge in [-0.05, 0) is 42.6 Å². The van der Waals surface area contributed by atoms with Crippen molar-refractivity contribution in [2.45, 2.75) is 26.9 Å². The molecule has 1 aromatic heterocycles. The summed E-state index contributed by atoms with van der Waals surface area (Å²) in [4.78, 5) is 36.3. The molecule has 126 valence electrons. The zero-order valence-electron chi connectivity index (χ0n) is 13.7. The lowest BCUT2D eigenvalue weighted by atomic mass is 10.1. The number of ketones is 1. The van der Waals surface area contributed by atoms with Crippen LogP contribution in [0.1, 0.15) is 40.8 Å². The van der Waals surface area contributed by atoms with Crippen molar-refractivity contribution in [3.63, 3.8) is 0 Å². The summed E-state index contributed by atoms with van der Waals surface area (Å²) in [5.41, 5.74) is 1.04. The number of amides is 1. The second-order valence-electron chi connectivity index (χ2n) is 5.61. The molecule has 24 heavy (non-hydrogen) atoms. The van der Waals surface area contributed by atoms with Gasteiger partial charge >= 0.3 is 5.97 Å². The summed E-state index contributed by atoms with van der Waals surface area (Å²) in [7, 11) is 0. The van der Waals surface area contributed by atoms with E-state index in [2.05, 4.69) is 5.32 Å². The van der Waals surface area contributed by atoms with Gasteiger partial charge in [-0.3, -0.25) is 9.59 Å². The zero-order valence-corrected chi connectivity index (χ0v) is 14.6. The van der Waals surface area contributed by atoms with E-state index >= 15 is 0 Å². The topological polar surface area (TPSA) is 72.5 Å². The molecular formula is C18H19NO4S. The summed E-state index contributed by atoms with van der Waals surface area (Å²) >= 11 is 1.26. The number of hydrogen-bond acceptors (Lipinski definition) is 5. The van der Waals surface area contributed by atoms with Gasteiger partial charge in [0.15, 0.2) is 6.10 Å². The lowest BCUT2D eigenvalue weighted by Gasteiger charge is -2.12. The Hall–Kier alpha value is -2.47. The molecule has 0 radical (unpaired) electrons. The van der Waals surface area contributed by atoms with E-state index in [4.69, 9.17) is 4.74 Å². The molecule has 0 spiro atoms. The summed E-state index contributed by atoms with van der Waals surface area (Å²) in [6.45, 7) is 5.15. The number of ether oxygens (including phenoxy) is 1. The molecule has 1 amide bonds. The Balaban J connectivity index is 1.99. The quantitative estimate of drug-likeness (QED) is 0.639. The summed E-state index contributed by atoms with van der Waals surface area (Å²) in [5.74, 6) is -1.01. The largest absolute Gasteiger partial charge is 0.450 e. The van der Waals surface area contributed by atoms with Crippen LogP contribution in [0.3, 0.4) is 0 Å². The molecule has 0 aliphatic carbocycles. The third-order valence-corrected chi connectivity index (χ3v) is 4.19. The van der Waals surface area contributed by atoms with E-state index in [1.54, 1.807) is 62.5 Å². The first-order chi connectivity index (χ1) is 11.4. The maximum atomic E-state index is 12.3. The number of carbonyl (C=O) groups is 3. The standard InChI is InChI=1S/C18H19NO4S/c1-11(2)17(21)19-14-8-6-13(7-9-14)16(20)12(3)23-18(22)15-5-4-10-24-15/h4-12H,1-3H3,(H,19,21). The number of esters is 1. The lowest BCUT2D eigenvalue weighted by Crippen LogP contribution is -2.24. The van der Waals surface area contributed by atoms with Gasteiger partial charge in [-0.2, -0.15) is 0 Å². The van der Waals surface area contributed by atoms with Crippen LogP contribution in [0, 0.1) is 5.92 Å². The summed E-state index contributed by atoms with van der Waals surface area (Å²) < 4.78 is 5.19. The molecule has 0 saturated heterocycles. The van der Waals surface area contributed by atoms with E-state index < -0.39 is 12.1 Å². The molecule has 0 aliphatic heterocycles. The molecule has 1 atom stereocenters. The monoisotopic (exact) mass is 345 g/mol. The van der Waals surface area contributed by atoms with Crippen molar-refractivity contribution in [2.75, 3.05) is 5.32 Å². The maximum absolute atomic E-state index is 12.3. The summed E-state index contributed by atoms with van der Waals surface area (Å²) in [5, 5.41) is 4.52. The lowest BCUT2D eigenvalue weighted by molar-refractivity contribution is -0.118. The number of rotatable bonds is 6. The number of hydrogen-bond donors (Lipinski definition) is 1. The first-order valence-corrected chi connectivity index (χ1v) is 8.46. The van der Waals surface area contributed by atoms with Crippen molar-refractivity contribution in [3.8, 4) is 0 Å². The van der Waals surface area contributed by atoms with Crippen LogP contribution in [0.15, 0.2) is 41.8 Å². The Kier molecular flexibility index (Phi) is 5.87. The molecule has 1 unspecified atom stereocenters. The number of carbonyl (C=O) groups excluding carboxylic acids is 3. The highest BCUT2D eigenvalue weighted by molar-refractivity contribution is 7.11. The van der Waals surface area contributed by atoms with Gasteiger partial charge in [0.2, 0.25) is 11.7 Å². The van der Waals surface area contributed by atoms with Crippen LogP contribution in [-0.2, 0) is 9.53 Å². The van der Waals surface area contributed by atoms with Crippen molar-refractivity contribution in [1.29, 1.82) is 0 Å². The fourth-order valence-electron chi connectivity index (χ4n) is 1.91. The van der Waals surface area contributed by atoms with Gasteiger partial charge in [0.05, 0.1) is 0 Å². The van der Waals surface area contributed by atoms with Crippen molar-refractivity contribution in [2.24, 2.45) is 5.92 Å². The first kappa shape index (κ1) is 17.9. The molecule has 1 N–H and O–H groups in total. The number of anilines is 1. The molecule has 2 rings (SSSR count). The Morgan fingerprint density at radius 1 is 1.04 bits per heavy atom. The van der Waals surface area contributed by atoms with Crippen LogP contribution in [0.4, 0.5) is 5.69 Å². The van der Waals surface area contributed by atoms with Crippen LogP contribution in [-0.4, -0.2) is 23.8 Å². The van der Waals surface area contributed by atoms with E-state index in [-0.39, 0.29) is 17.6 Å². The highest BCUT2D eigenvalue weighted by Crippen LogP contribution is 2.16. The van der Waals surface area contributed by atoms with Crippen LogP contribution >= 0.6 is 11.3 Å². The fourth-order valence-corrected chi connectivity index (χ4v) is 2.51. The van der Waals surface area contributed by atoms with Gasteiger partial charge in [-0.25, -0.2) is 4.79 Å². The number of nitrogens with one attached hydrogen (secondary N) is 1. The van der Waals surface area contributed by atoms with Crippen LogP contribution in [0.25, 0.3) is 0 Å². The predicted octanol–water partition coefficient (Wildman–Crippen LogP) is 3.77. The van der Waals surface area contributed by atoms with Gasteiger partial charge in [0.1, 0.15) is 4.88 Å². The highest BCUT2D eigenvalue weighted by Gasteiger charge is 2.21. The molecule has 2 aromatic rings. The average molecular weight is 345 g/mol. The maximum Gasteiger partial charge on any atom is 0.349 e. The Morgan fingerprint density at radius 2 is 1.71 bits per heavy atom. The van der Waals surface area contributed by atoms with Crippen molar-refractivity contribution in [3.05, 3.63) is 52.2 Å². The summed E-state index contributed by atoms with van der Waals surface area (Å²) in [6, 6.07) is 9.92. The van der Waals surface area contributed by atoms with E-state index in [1.165, 1.54) is 11.3 Å². The molecule has 5 nitrogen and oxygen atoms in total. The van der Waals surface area contributed by atoms with E-state index in [1.807, 2.05) is 0 Å². The molecule has 0 fully saturated rings. The number of benzene rings is 1. The fraction of sp³-hybridized carbons (Fsp3) is 0.278. The molecule has 6 heteroatoms. The minimum Gasteiger partial charge on any atom is -0.450 e. The molecule has 0 saturated carbocycles. The Bertz CT molecular complexity index is 720. The van der Waals surface area contributed by atoms with Crippen LogP contribution in [0.5, 0.6) is 0 Å². The minimum atomic E-state index is -0.879. The van der Waals surface area contributed by atoms with E-state index in [0.717, 1.165) is 0 Å². The van der Waals surface area contributed by atoms with Gasteiger partial charge in [-0.1, -0.05) is 19.9 Å². The molecule has 1 heterocycles. The van der Waals surface area contributed by atoms with Crippen LogP contribution < -0.4 is 5.32 Å². The van der Waals surface area contributed by atoms with Gasteiger partial charge < -0.3 is 10.1 Å². The molecule has 0 aliphatic rings. The Morgan fingerprint density at radius 3 is 2.25 bits per heavy atom. The highest BCUT2D eigenvalue weighted by atomic mass is 32.1. The van der Waals surface area contributed by atoms with Crippen LogP contribution in [0.2, 0.25) is 0 Å². The van der Waals surface area contributed by atoms with E-state index in [0.29, 0.717) is 16.1 Å². The van der Waals surface area contributed by atoms with Gasteiger partial charge in [0.25, 0.3) is 0 Å². The predicted molar refractivity (Wildman–Crippen MR) is 93.4 cm³/mol. The van der Waals surface area contributed by atoms with E-state index in [9.17, 15) is 14.4 Å².